The maximum Gasteiger partial charge on any atom is 0.281 e. The highest BCUT2D eigenvalue weighted by molar-refractivity contribution is 7.92. The van der Waals surface area contributed by atoms with Gasteiger partial charge >= 0.3 is 0 Å². The van der Waals surface area contributed by atoms with Gasteiger partial charge in [-0.05, 0) is 61.2 Å². The standard InChI is InChI=1S/C23H32ClN3O5S2/c1-18(2)17-27(20-7-5-6-19(24)16-20)33(28,29)23-10-8-21(9-11-23)32-22-12-14-26(15-13-22)34(30,31)25(3)4/h5-11,16,18,22H,12-15,17H2,1-4H3. The Morgan fingerprint density at radius 1 is 1.03 bits per heavy atom. The first-order valence-electron chi connectivity index (χ1n) is 11.1. The summed E-state index contributed by atoms with van der Waals surface area (Å²) in [6.07, 6.45) is 0.980. The van der Waals surface area contributed by atoms with Crippen molar-refractivity contribution in [1.82, 2.24) is 8.61 Å². The largest absolute Gasteiger partial charge is 0.490 e. The molecule has 1 saturated heterocycles. The highest BCUT2D eigenvalue weighted by Gasteiger charge is 2.30. The van der Waals surface area contributed by atoms with E-state index in [1.165, 1.54) is 39.1 Å². The van der Waals surface area contributed by atoms with Gasteiger partial charge in [-0.15, -0.1) is 0 Å². The molecule has 1 aliphatic heterocycles. The van der Waals surface area contributed by atoms with Gasteiger partial charge in [-0.25, -0.2) is 8.42 Å². The summed E-state index contributed by atoms with van der Waals surface area (Å²) in [4.78, 5) is 0.160. The number of ether oxygens (including phenoxy) is 1. The molecule has 3 rings (SSSR count). The van der Waals surface area contributed by atoms with E-state index >= 15 is 0 Å². The highest BCUT2D eigenvalue weighted by Crippen LogP contribution is 2.29. The molecule has 11 heteroatoms. The Labute approximate surface area is 208 Å². The van der Waals surface area contributed by atoms with Gasteiger partial charge in [0, 0.05) is 38.8 Å². The molecule has 1 heterocycles. The molecule has 0 aromatic heterocycles. The number of halogens is 1. The third kappa shape index (κ3) is 6.23. The van der Waals surface area contributed by atoms with E-state index in [9.17, 15) is 16.8 Å². The third-order valence-electron chi connectivity index (χ3n) is 5.53. The number of anilines is 1. The minimum Gasteiger partial charge on any atom is -0.490 e. The Bertz CT molecular complexity index is 1180. The van der Waals surface area contributed by atoms with Crippen LogP contribution in [0.1, 0.15) is 26.7 Å². The first-order chi connectivity index (χ1) is 15.9. The lowest BCUT2D eigenvalue weighted by atomic mass is 10.1. The zero-order valence-corrected chi connectivity index (χ0v) is 22.3. The molecular formula is C23H32ClN3O5S2. The first kappa shape index (κ1) is 26.7. The second-order valence-corrected chi connectivity index (χ2v) is 13.3. The fourth-order valence-electron chi connectivity index (χ4n) is 3.73. The number of piperidine rings is 1. The average molecular weight is 530 g/mol. The van der Waals surface area contributed by atoms with Gasteiger partial charge in [-0.1, -0.05) is 31.5 Å². The molecule has 0 saturated carbocycles. The second kappa shape index (κ2) is 10.8. The summed E-state index contributed by atoms with van der Waals surface area (Å²) in [5, 5.41) is 0.467. The topological polar surface area (TPSA) is 87.2 Å². The minimum absolute atomic E-state index is 0.110. The van der Waals surface area contributed by atoms with Crippen molar-refractivity contribution in [3.63, 3.8) is 0 Å². The molecule has 34 heavy (non-hydrogen) atoms. The van der Waals surface area contributed by atoms with Crippen LogP contribution in [-0.2, 0) is 20.2 Å². The lowest BCUT2D eigenvalue weighted by Crippen LogP contribution is -2.46. The number of hydrogen-bond donors (Lipinski definition) is 0. The molecule has 0 amide bonds. The molecule has 8 nitrogen and oxygen atoms in total. The fraction of sp³-hybridized carbons (Fsp3) is 0.478. The van der Waals surface area contributed by atoms with E-state index in [1.807, 2.05) is 13.8 Å². The van der Waals surface area contributed by atoms with Gasteiger partial charge in [-0.2, -0.15) is 17.0 Å². The summed E-state index contributed by atoms with van der Waals surface area (Å²) < 4.78 is 61.5. The minimum atomic E-state index is -3.81. The molecule has 0 bridgehead atoms. The molecule has 0 N–H and O–H groups in total. The van der Waals surface area contributed by atoms with Crippen molar-refractivity contribution in [3.05, 3.63) is 53.6 Å². The lowest BCUT2D eigenvalue weighted by Gasteiger charge is -2.32. The molecule has 0 atom stereocenters. The van der Waals surface area contributed by atoms with Gasteiger partial charge in [0.25, 0.3) is 20.2 Å². The molecule has 0 aliphatic carbocycles. The van der Waals surface area contributed by atoms with E-state index < -0.39 is 20.2 Å². The summed E-state index contributed by atoms with van der Waals surface area (Å²) in [6, 6.07) is 13.2. The van der Waals surface area contributed by atoms with Gasteiger partial charge in [-0.3, -0.25) is 4.31 Å². The summed E-state index contributed by atoms with van der Waals surface area (Å²) >= 11 is 6.11. The predicted octanol–water partition coefficient (Wildman–Crippen LogP) is 3.84. The Morgan fingerprint density at radius 2 is 1.65 bits per heavy atom. The van der Waals surface area contributed by atoms with Gasteiger partial charge in [0.1, 0.15) is 11.9 Å². The van der Waals surface area contributed by atoms with Crippen molar-refractivity contribution in [2.24, 2.45) is 5.92 Å². The van der Waals surface area contributed by atoms with Crippen molar-refractivity contribution in [1.29, 1.82) is 0 Å². The number of hydrogen-bond acceptors (Lipinski definition) is 5. The van der Waals surface area contributed by atoms with Crippen molar-refractivity contribution in [2.75, 3.05) is 38.0 Å². The predicted molar refractivity (Wildman–Crippen MR) is 135 cm³/mol. The molecular weight excluding hydrogens is 498 g/mol. The van der Waals surface area contributed by atoms with Crippen LogP contribution in [0.5, 0.6) is 5.75 Å². The van der Waals surface area contributed by atoms with Crippen molar-refractivity contribution in [2.45, 2.75) is 37.7 Å². The van der Waals surface area contributed by atoms with Gasteiger partial charge in [0.05, 0.1) is 10.6 Å². The number of nitrogens with zero attached hydrogens (tertiary/aromatic N) is 3. The maximum atomic E-state index is 13.4. The third-order valence-corrected chi connectivity index (χ3v) is 9.51. The molecule has 0 radical (unpaired) electrons. The van der Waals surface area contributed by atoms with E-state index in [1.54, 1.807) is 36.4 Å². The quantitative estimate of drug-likeness (QED) is 0.492. The SMILES string of the molecule is CC(C)CN(c1cccc(Cl)c1)S(=O)(=O)c1ccc(OC2CCN(S(=O)(=O)N(C)C)CC2)cc1. The summed E-state index contributed by atoms with van der Waals surface area (Å²) in [7, 11) is -4.20. The van der Waals surface area contributed by atoms with Gasteiger partial charge < -0.3 is 4.74 Å². The van der Waals surface area contributed by atoms with Gasteiger partial charge in [0.15, 0.2) is 0 Å². The van der Waals surface area contributed by atoms with E-state index in [2.05, 4.69) is 0 Å². The fourth-order valence-corrected chi connectivity index (χ4v) is 6.67. The molecule has 188 valence electrons. The highest BCUT2D eigenvalue weighted by atomic mass is 35.5. The van der Waals surface area contributed by atoms with Crippen LogP contribution in [0.15, 0.2) is 53.4 Å². The van der Waals surface area contributed by atoms with E-state index in [0.29, 0.717) is 48.9 Å². The molecule has 0 unspecified atom stereocenters. The van der Waals surface area contributed by atoms with Crippen LogP contribution >= 0.6 is 11.6 Å². The number of sulfonamides is 1. The Hall–Kier alpha value is -1.85. The zero-order chi connectivity index (χ0) is 25.1. The Morgan fingerprint density at radius 3 is 2.18 bits per heavy atom. The molecule has 1 aliphatic rings. The van der Waals surface area contributed by atoms with Crippen LogP contribution < -0.4 is 9.04 Å². The lowest BCUT2D eigenvalue weighted by molar-refractivity contribution is 0.133. The van der Waals surface area contributed by atoms with E-state index in [4.69, 9.17) is 16.3 Å². The summed E-state index contributed by atoms with van der Waals surface area (Å²) in [5.74, 6) is 0.657. The molecule has 2 aromatic carbocycles. The van der Waals surface area contributed by atoms with Crippen molar-refractivity contribution < 1.29 is 21.6 Å². The summed E-state index contributed by atoms with van der Waals surface area (Å²) in [5.41, 5.74) is 0.515. The smallest absolute Gasteiger partial charge is 0.281 e. The Kier molecular flexibility index (Phi) is 8.51. The monoisotopic (exact) mass is 529 g/mol. The molecule has 0 spiro atoms. The van der Waals surface area contributed by atoms with E-state index in [0.717, 1.165) is 0 Å². The number of benzene rings is 2. The molecule has 1 fully saturated rings. The maximum absolute atomic E-state index is 13.4. The van der Waals surface area contributed by atoms with Crippen molar-refractivity contribution in [3.8, 4) is 5.75 Å². The normalized spacial score (nSPS) is 16.2. The van der Waals surface area contributed by atoms with Crippen LogP contribution in [0.3, 0.4) is 0 Å². The van der Waals surface area contributed by atoms with Crippen LogP contribution in [0.2, 0.25) is 5.02 Å². The van der Waals surface area contributed by atoms with Crippen LogP contribution in [-0.4, -0.2) is 65.3 Å². The van der Waals surface area contributed by atoms with Gasteiger partial charge in [0.2, 0.25) is 0 Å². The van der Waals surface area contributed by atoms with Crippen LogP contribution in [0.4, 0.5) is 5.69 Å². The first-order valence-corrected chi connectivity index (χ1v) is 14.4. The zero-order valence-electron chi connectivity index (χ0n) is 19.9. The summed E-state index contributed by atoms with van der Waals surface area (Å²) in [6.45, 7) is 4.98. The van der Waals surface area contributed by atoms with Crippen LogP contribution in [0, 0.1) is 5.92 Å². The van der Waals surface area contributed by atoms with E-state index in [-0.39, 0.29) is 16.9 Å². The van der Waals surface area contributed by atoms with Crippen molar-refractivity contribution >= 4 is 37.5 Å². The Balaban J connectivity index is 1.72. The number of rotatable bonds is 9. The van der Waals surface area contributed by atoms with Crippen LogP contribution in [0.25, 0.3) is 0 Å². The molecule has 2 aromatic rings. The second-order valence-electron chi connectivity index (χ2n) is 8.89. The average Bonchev–Trinajstić information content (AvgIpc) is 2.78.